The van der Waals surface area contributed by atoms with Crippen LogP contribution in [0.3, 0.4) is 0 Å². The van der Waals surface area contributed by atoms with Gasteiger partial charge >= 0.3 is 0 Å². The highest BCUT2D eigenvalue weighted by Gasteiger charge is 2.11. The number of rotatable bonds is 5. The number of thiophene rings is 1. The van der Waals surface area contributed by atoms with E-state index in [9.17, 15) is 9.18 Å². The summed E-state index contributed by atoms with van der Waals surface area (Å²) in [5, 5.41) is 6.45. The van der Waals surface area contributed by atoms with Crippen molar-refractivity contribution in [2.75, 3.05) is 6.54 Å². The molecule has 0 spiro atoms. The topological polar surface area (TPSA) is 29.1 Å². The van der Waals surface area contributed by atoms with Gasteiger partial charge in [-0.3, -0.25) is 4.79 Å². The van der Waals surface area contributed by atoms with E-state index in [0.717, 1.165) is 6.42 Å². The van der Waals surface area contributed by atoms with Crippen molar-refractivity contribution in [3.05, 3.63) is 69.8 Å². The van der Waals surface area contributed by atoms with Crippen molar-refractivity contribution >= 4 is 38.9 Å². The van der Waals surface area contributed by atoms with Gasteiger partial charge in [0.15, 0.2) is 0 Å². The molecule has 0 aliphatic rings. The van der Waals surface area contributed by atoms with Gasteiger partial charge in [-0.1, -0.05) is 35.9 Å². The van der Waals surface area contributed by atoms with Gasteiger partial charge < -0.3 is 5.32 Å². The largest absolute Gasteiger partial charge is 0.355 e. The van der Waals surface area contributed by atoms with Gasteiger partial charge in [-0.2, -0.15) is 0 Å². The van der Waals surface area contributed by atoms with Gasteiger partial charge in [0.2, 0.25) is 5.91 Å². The average molecular weight is 348 g/mol. The molecule has 23 heavy (non-hydrogen) atoms. The number of hydrogen-bond donors (Lipinski definition) is 1. The van der Waals surface area contributed by atoms with Gasteiger partial charge in [0.05, 0.1) is 6.42 Å². The number of benzene rings is 2. The fourth-order valence-corrected chi connectivity index (χ4v) is 3.71. The van der Waals surface area contributed by atoms with Crippen LogP contribution >= 0.6 is 22.9 Å². The Morgan fingerprint density at radius 1 is 1.17 bits per heavy atom. The summed E-state index contributed by atoms with van der Waals surface area (Å²) >= 11 is 7.64. The van der Waals surface area contributed by atoms with E-state index in [1.807, 2.05) is 12.1 Å². The molecule has 0 saturated carbocycles. The number of hydrogen-bond acceptors (Lipinski definition) is 2. The summed E-state index contributed by atoms with van der Waals surface area (Å²) in [6.07, 6.45) is 0.705. The average Bonchev–Trinajstić information content (AvgIpc) is 2.95. The van der Waals surface area contributed by atoms with Crippen molar-refractivity contribution < 1.29 is 9.18 Å². The molecule has 1 aromatic heterocycles. The van der Waals surface area contributed by atoms with Crippen LogP contribution in [0.5, 0.6) is 0 Å². The van der Waals surface area contributed by atoms with Gasteiger partial charge in [-0.15, -0.1) is 11.3 Å². The summed E-state index contributed by atoms with van der Waals surface area (Å²) in [5.41, 5.74) is 1.46. The SMILES string of the molecule is O=C(Cc1c(F)cccc1Cl)NCCc1csc2ccccc12. The molecule has 0 fully saturated rings. The van der Waals surface area contributed by atoms with Crippen LogP contribution in [0.2, 0.25) is 5.02 Å². The Bertz CT molecular complexity index is 826. The third-order valence-corrected chi connectivity index (χ3v) is 5.04. The highest BCUT2D eigenvalue weighted by molar-refractivity contribution is 7.17. The second kappa shape index (κ2) is 7.11. The predicted octanol–water partition coefficient (Wildman–Crippen LogP) is 4.60. The number of halogens is 2. The van der Waals surface area contributed by atoms with E-state index >= 15 is 0 Å². The smallest absolute Gasteiger partial charge is 0.224 e. The molecule has 0 aliphatic carbocycles. The van der Waals surface area contributed by atoms with Crippen molar-refractivity contribution in [1.82, 2.24) is 5.32 Å². The Hall–Kier alpha value is -1.91. The number of fused-ring (bicyclic) bond motifs is 1. The fraction of sp³-hybridized carbons (Fsp3) is 0.167. The Balaban J connectivity index is 1.57. The molecule has 0 radical (unpaired) electrons. The van der Waals surface area contributed by atoms with E-state index in [1.165, 1.54) is 27.8 Å². The van der Waals surface area contributed by atoms with Crippen LogP contribution in [0.4, 0.5) is 4.39 Å². The molecule has 0 saturated heterocycles. The van der Waals surface area contributed by atoms with Gasteiger partial charge in [-0.05, 0) is 40.9 Å². The van der Waals surface area contributed by atoms with Crippen LogP contribution in [0.15, 0.2) is 47.8 Å². The standard InChI is InChI=1S/C18H15ClFNOS/c19-15-5-3-6-16(20)14(15)10-18(22)21-9-8-12-11-23-17-7-2-1-4-13(12)17/h1-7,11H,8-10H2,(H,21,22). The maximum Gasteiger partial charge on any atom is 0.224 e. The van der Waals surface area contributed by atoms with E-state index in [0.29, 0.717) is 6.54 Å². The molecule has 0 atom stereocenters. The highest BCUT2D eigenvalue weighted by Crippen LogP contribution is 2.25. The summed E-state index contributed by atoms with van der Waals surface area (Å²) in [5.74, 6) is -0.673. The lowest BCUT2D eigenvalue weighted by atomic mass is 10.1. The van der Waals surface area contributed by atoms with E-state index in [1.54, 1.807) is 17.4 Å². The first-order valence-corrected chi connectivity index (χ1v) is 8.55. The minimum atomic E-state index is -0.448. The Morgan fingerprint density at radius 3 is 2.83 bits per heavy atom. The van der Waals surface area contributed by atoms with E-state index in [2.05, 4.69) is 22.8 Å². The first-order chi connectivity index (χ1) is 11.1. The zero-order chi connectivity index (χ0) is 16.2. The fourth-order valence-electron chi connectivity index (χ4n) is 2.49. The highest BCUT2D eigenvalue weighted by atomic mass is 35.5. The summed E-state index contributed by atoms with van der Waals surface area (Å²) in [6.45, 7) is 0.519. The summed E-state index contributed by atoms with van der Waals surface area (Å²) in [4.78, 5) is 12.0. The monoisotopic (exact) mass is 347 g/mol. The molecule has 3 aromatic rings. The molecule has 1 N–H and O–H groups in total. The summed E-state index contributed by atoms with van der Waals surface area (Å²) < 4.78 is 14.9. The molecular weight excluding hydrogens is 333 g/mol. The molecule has 3 rings (SSSR count). The first kappa shape index (κ1) is 16.0. The second-order valence-corrected chi connectivity index (χ2v) is 6.55. The molecule has 0 aliphatic heterocycles. The van der Waals surface area contributed by atoms with Crippen molar-refractivity contribution in [1.29, 1.82) is 0 Å². The van der Waals surface area contributed by atoms with Crippen LogP contribution in [0, 0.1) is 5.82 Å². The van der Waals surface area contributed by atoms with Gasteiger partial charge in [0.1, 0.15) is 5.82 Å². The summed E-state index contributed by atoms with van der Waals surface area (Å²) in [6, 6.07) is 12.6. The molecule has 1 amide bonds. The molecule has 1 heterocycles. The van der Waals surface area contributed by atoms with E-state index in [4.69, 9.17) is 11.6 Å². The molecule has 2 nitrogen and oxygen atoms in total. The third-order valence-electron chi connectivity index (χ3n) is 3.68. The molecule has 0 bridgehead atoms. The van der Waals surface area contributed by atoms with Crippen molar-refractivity contribution in [3.63, 3.8) is 0 Å². The molecule has 2 aromatic carbocycles. The van der Waals surface area contributed by atoms with E-state index in [-0.39, 0.29) is 22.9 Å². The van der Waals surface area contributed by atoms with Crippen molar-refractivity contribution in [3.8, 4) is 0 Å². The molecular formula is C18H15ClFNOS. The first-order valence-electron chi connectivity index (χ1n) is 7.30. The maximum absolute atomic E-state index is 13.7. The maximum atomic E-state index is 13.7. The zero-order valence-electron chi connectivity index (χ0n) is 12.3. The van der Waals surface area contributed by atoms with Gasteiger partial charge in [0.25, 0.3) is 0 Å². The molecule has 5 heteroatoms. The lowest BCUT2D eigenvalue weighted by Gasteiger charge is -2.07. The van der Waals surface area contributed by atoms with Crippen molar-refractivity contribution in [2.24, 2.45) is 0 Å². The number of amides is 1. The van der Waals surface area contributed by atoms with Crippen LogP contribution < -0.4 is 5.32 Å². The lowest BCUT2D eigenvalue weighted by molar-refractivity contribution is -0.120. The van der Waals surface area contributed by atoms with Crippen LogP contribution in [-0.2, 0) is 17.6 Å². The number of carbonyl (C=O) groups is 1. The number of carbonyl (C=O) groups excluding carboxylic acids is 1. The van der Waals surface area contributed by atoms with Gasteiger partial charge in [0, 0.05) is 21.8 Å². The third kappa shape index (κ3) is 3.71. The minimum absolute atomic E-state index is 0.0457. The van der Waals surface area contributed by atoms with Crippen LogP contribution in [-0.4, -0.2) is 12.5 Å². The molecule has 118 valence electrons. The van der Waals surface area contributed by atoms with Crippen LogP contribution in [0.25, 0.3) is 10.1 Å². The second-order valence-electron chi connectivity index (χ2n) is 5.23. The summed E-state index contributed by atoms with van der Waals surface area (Å²) in [7, 11) is 0. The Morgan fingerprint density at radius 2 is 2.00 bits per heavy atom. The zero-order valence-corrected chi connectivity index (χ0v) is 13.9. The quantitative estimate of drug-likeness (QED) is 0.718. The molecule has 0 unspecified atom stereocenters. The van der Waals surface area contributed by atoms with Crippen LogP contribution in [0.1, 0.15) is 11.1 Å². The normalized spacial score (nSPS) is 10.9. The Labute approximate surface area is 142 Å². The number of nitrogens with one attached hydrogen (secondary N) is 1. The predicted molar refractivity (Wildman–Crippen MR) is 93.7 cm³/mol. The van der Waals surface area contributed by atoms with Gasteiger partial charge in [-0.25, -0.2) is 4.39 Å². The van der Waals surface area contributed by atoms with E-state index < -0.39 is 5.82 Å². The Kier molecular flexibility index (Phi) is 4.94. The van der Waals surface area contributed by atoms with Crippen molar-refractivity contribution in [2.45, 2.75) is 12.8 Å². The lowest BCUT2D eigenvalue weighted by Crippen LogP contribution is -2.27. The minimum Gasteiger partial charge on any atom is -0.355 e.